The van der Waals surface area contributed by atoms with Crippen LogP contribution >= 0.6 is 11.8 Å². The van der Waals surface area contributed by atoms with Crippen molar-refractivity contribution in [2.24, 2.45) is 0 Å². The first kappa shape index (κ1) is 15.1. The van der Waals surface area contributed by atoms with E-state index in [9.17, 15) is 9.59 Å². The molecule has 0 atom stereocenters. The van der Waals surface area contributed by atoms with Gasteiger partial charge in [-0.05, 0) is 24.3 Å². The van der Waals surface area contributed by atoms with Gasteiger partial charge < -0.3 is 9.47 Å². The highest BCUT2D eigenvalue weighted by atomic mass is 32.2. The lowest BCUT2D eigenvalue weighted by Crippen LogP contribution is -2.15. The molecule has 0 aliphatic rings. The Labute approximate surface area is 126 Å². The molecule has 6 heteroatoms. The lowest BCUT2D eigenvalue weighted by molar-refractivity contribution is -0.144. The van der Waals surface area contributed by atoms with Gasteiger partial charge in [-0.25, -0.2) is 14.6 Å². The molecule has 2 rings (SSSR count). The first-order chi connectivity index (χ1) is 10.2. The van der Waals surface area contributed by atoms with Gasteiger partial charge >= 0.3 is 11.9 Å². The van der Waals surface area contributed by atoms with Gasteiger partial charge in [-0.3, -0.25) is 0 Å². The van der Waals surface area contributed by atoms with E-state index in [0.29, 0.717) is 10.6 Å². The average Bonchev–Trinajstić information content (AvgIpc) is 2.53. The summed E-state index contributed by atoms with van der Waals surface area (Å²) in [6.07, 6.45) is 1.60. The third-order valence-corrected chi connectivity index (χ3v) is 3.52. The predicted molar refractivity (Wildman–Crippen MR) is 77.1 cm³/mol. The van der Waals surface area contributed by atoms with Crippen molar-refractivity contribution in [3.63, 3.8) is 0 Å². The first-order valence-corrected chi connectivity index (χ1v) is 6.94. The van der Waals surface area contributed by atoms with Crippen LogP contribution in [0.15, 0.2) is 58.6 Å². The fourth-order valence-electron chi connectivity index (χ4n) is 1.49. The zero-order valence-corrected chi connectivity index (χ0v) is 12.1. The van der Waals surface area contributed by atoms with Crippen molar-refractivity contribution in [2.45, 2.75) is 9.92 Å². The van der Waals surface area contributed by atoms with Crippen LogP contribution in [0, 0.1) is 0 Å². The summed E-state index contributed by atoms with van der Waals surface area (Å²) in [5.41, 5.74) is 0.315. The number of ether oxygens (including phenoxy) is 2. The number of carbonyl (C=O) groups is 2. The molecule has 0 saturated carbocycles. The van der Waals surface area contributed by atoms with E-state index in [1.165, 1.54) is 18.9 Å². The van der Waals surface area contributed by atoms with Crippen molar-refractivity contribution in [3.8, 4) is 0 Å². The minimum absolute atomic E-state index is 0.315. The number of benzene rings is 1. The third-order valence-electron chi connectivity index (χ3n) is 2.50. The van der Waals surface area contributed by atoms with Crippen LogP contribution in [0.2, 0.25) is 0 Å². The molecule has 108 valence electrons. The van der Waals surface area contributed by atoms with Gasteiger partial charge in [0.25, 0.3) is 0 Å². The maximum absolute atomic E-state index is 12.0. The Balaban J connectivity index is 2.13. The van der Waals surface area contributed by atoms with Crippen LogP contribution in [0.4, 0.5) is 0 Å². The maximum atomic E-state index is 12.0. The van der Waals surface area contributed by atoms with Crippen LogP contribution in [0.1, 0.15) is 10.4 Å². The summed E-state index contributed by atoms with van der Waals surface area (Å²) >= 11 is 1.35. The molecule has 0 bridgehead atoms. The van der Waals surface area contributed by atoms with Gasteiger partial charge in [-0.1, -0.05) is 30.0 Å². The summed E-state index contributed by atoms with van der Waals surface area (Å²) in [6, 6.07) is 12.8. The van der Waals surface area contributed by atoms with Crippen molar-refractivity contribution in [2.75, 3.05) is 13.7 Å². The van der Waals surface area contributed by atoms with Crippen molar-refractivity contribution in [1.82, 2.24) is 4.98 Å². The van der Waals surface area contributed by atoms with Crippen LogP contribution in [-0.4, -0.2) is 30.6 Å². The molecule has 0 saturated heterocycles. The molecule has 1 aromatic carbocycles. The predicted octanol–water partition coefficient (Wildman–Crippen LogP) is 2.56. The summed E-state index contributed by atoms with van der Waals surface area (Å²) in [5, 5.41) is 0.526. The Bertz CT molecular complexity index is 631. The number of carbonyl (C=O) groups excluding carboxylic acids is 2. The van der Waals surface area contributed by atoms with Gasteiger partial charge in [-0.15, -0.1) is 0 Å². The first-order valence-electron chi connectivity index (χ1n) is 6.12. The number of pyridine rings is 1. The van der Waals surface area contributed by atoms with Crippen LogP contribution in [0.5, 0.6) is 0 Å². The van der Waals surface area contributed by atoms with Gasteiger partial charge in [0.2, 0.25) is 0 Å². The van der Waals surface area contributed by atoms with E-state index in [0.717, 1.165) is 4.90 Å². The standard InChI is InChI=1S/C15H13NO4S/c1-19-13(17)10-20-15(18)12-8-5-9-16-14(12)21-11-6-3-2-4-7-11/h2-9H,10H2,1H3. The Morgan fingerprint density at radius 2 is 1.90 bits per heavy atom. The number of esters is 2. The summed E-state index contributed by atoms with van der Waals surface area (Å²) in [6.45, 7) is -0.417. The van der Waals surface area contributed by atoms with Gasteiger partial charge in [0, 0.05) is 11.1 Å². The summed E-state index contributed by atoms with van der Waals surface area (Å²) < 4.78 is 9.32. The summed E-state index contributed by atoms with van der Waals surface area (Å²) in [7, 11) is 1.23. The Hall–Kier alpha value is -2.34. The number of rotatable bonds is 5. The fourth-order valence-corrected chi connectivity index (χ4v) is 2.38. The molecule has 0 aliphatic carbocycles. The largest absolute Gasteiger partial charge is 0.466 e. The molecule has 0 aliphatic heterocycles. The van der Waals surface area contributed by atoms with Crippen molar-refractivity contribution in [3.05, 3.63) is 54.2 Å². The minimum atomic E-state index is -0.607. The quantitative estimate of drug-likeness (QED) is 0.791. The number of hydrogen-bond acceptors (Lipinski definition) is 6. The molecular formula is C15H13NO4S. The Morgan fingerprint density at radius 3 is 2.62 bits per heavy atom. The Kier molecular flexibility index (Phi) is 5.34. The van der Waals surface area contributed by atoms with E-state index in [1.54, 1.807) is 18.3 Å². The number of methoxy groups -OCH3 is 1. The van der Waals surface area contributed by atoms with Crippen molar-refractivity contribution >= 4 is 23.7 Å². The number of aromatic nitrogens is 1. The SMILES string of the molecule is COC(=O)COC(=O)c1cccnc1Sc1ccccc1. The van der Waals surface area contributed by atoms with Crippen molar-refractivity contribution in [1.29, 1.82) is 0 Å². The molecule has 0 unspecified atom stereocenters. The molecule has 2 aromatic rings. The molecule has 0 radical (unpaired) electrons. The third kappa shape index (κ3) is 4.32. The maximum Gasteiger partial charge on any atom is 0.344 e. The van der Waals surface area contributed by atoms with Crippen LogP contribution in [-0.2, 0) is 14.3 Å². The molecule has 21 heavy (non-hydrogen) atoms. The molecule has 5 nitrogen and oxygen atoms in total. The highest BCUT2D eigenvalue weighted by Gasteiger charge is 2.16. The molecular weight excluding hydrogens is 290 g/mol. The molecule has 0 amide bonds. The van der Waals surface area contributed by atoms with Crippen LogP contribution in [0.3, 0.4) is 0 Å². The smallest absolute Gasteiger partial charge is 0.344 e. The van der Waals surface area contributed by atoms with Gasteiger partial charge in [-0.2, -0.15) is 0 Å². The molecule has 0 spiro atoms. The van der Waals surface area contributed by atoms with E-state index in [1.807, 2.05) is 30.3 Å². The van der Waals surface area contributed by atoms with Gasteiger partial charge in [0.1, 0.15) is 5.03 Å². The van der Waals surface area contributed by atoms with Gasteiger partial charge in [0.15, 0.2) is 6.61 Å². The second-order valence-corrected chi connectivity index (χ2v) is 4.99. The van der Waals surface area contributed by atoms with E-state index in [-0.39, 0.29) is 0 Å². The normalized spacial score (nSPS) is 9.95. The molecule has 0 fully saturated rings. The van der Waals surface area contributed by atoms with Crippen molar-refractivity contribution < 1.29 is 19.1 Å². The minimum Gasteiger partial charge on any atom is -0.466 e. The summed E-state index contributed by atoms with van der Waals surface area (Å²) in [5.74, 6) is -1.21. The highest BCUT2D eigenvalue weighted by molar-refractivity contribution is 7.99. The lowest BCUT2D eigenvalue weighted by atomic mass is 10.3. The number of nitrogens with zero attached hydrogens (tertiary/aromatic N) is 1. The second kappa shape index (κ2) is 7.44. The molecule has 1 aromatic heterocycles. The topological polar surface area (TPSA) is 65.5 Å². The number of hydrogen-bond donors (Lipinski definition) is 0. The van der Waals surface area contributed by atoms with Crippen LogP contribution < -0.4 is 0 Å². The fraction of sp³-hybridized carbons (Fsp3) is 0.133. The zero-order valence-electron chi connectivity index (χ0n) is 11.3. The monoisotopic (exact) mass is 303 g/mol. The average molecular weight is 303 g/mol. The molecule has 0 N–H and O–H groups in total. The highest BCUT2D eigenvalue weighted by Crippen LogP contribution is 2.28. The van der Waals surface area contributed by atoms with E-state index in [2.05, 4.69) is 9.72 Å². The molecule has 1 heterocycles. The lowest BCUT2D eigenvalue weighted by Gasteiger charge is -2.07. The van der Waals surface area contributed by atoms with E-state index in [4.69, 9.17) is 4.74 Å². The van der Waals surface area contributed by atoms with E-state index >= 15 is 0 Å². The Morgan fingerprint density at radius 1 is 1.14 bits per heavy atom. The second-order valence-electron chi connectivity index (χ2n) is 3.92. The summed E-state index contributed by atoms with van der Waals surface area (Å²) in [4.78, 5) is 28.1. The van der Waals surface area contributed by atoms with E-state index < -0.39 is 18.5 Å². The van der Waals surface area contributed by atoms with Crippen LogP contribution in [0.25, 0.3) is 0 Å². The zero-order chi connectivity index (χ0) is 15.1. The van der Waals surface area contributed by atoms with Gasteiger partial charge in [0.05, 0.1) is 12.7 Å².